The van der Waals surface area contributed by atoms with Gasteiger partial charge >= 0.3 is 5.97 Å². The van der Waals surface area contributed by atoms with E-state index in [1.54, 1.807) is 0 Å². The molecule has 4 heteroatoms. The Morgan fingerprint density at radius 1 is 1.12 bits per heavy atom. The van der Waals surface area contributed by atoms with Gasteiger partial charge < -0.3 is 5.11 Å². The number of benzene rings is 1. The summed E-state index contributed by atoms with van der Waals surface area (Å²) in [6, 6.07) is 12.1. The van der Waals surface area contributed by atoms with E-state index in [4.69, 9.17) is 0 Å². The monoisotopic (exact) mass is 328 g/mol. The fraction of sp³-hybridized carbons (Fsp3) is 0.650. The van der Waals surface area contributed by atoms with Gasteiger partial charge in [0, 0.05) is 25.2 Å². The molecule has 0 aliphatic carbocycles. The molecule has 1 aromatic carbocycles. The van der Waals surface area contributed by atoms with Crippen LogP contribution in [0.15, 0.2) is 30.3 Å². The van der Waals surface area contributed by atoms with Crippen molar-refractivity contribution in [3.05, 3.63) is 35.9 Å². The van der Waals surface area contributed by atoms with Gasteiger partial charge in [0.05, 0.1) is 6.54 Å². The lowest BCUT2D eigenvalue weighted by atomic mass is 9.71. The molecule has 1 N–H and O–H groups in total. The molecule has 0 amide bonds. The van der Waals surface area contributed by atoms with Crippen molar-refractivity contribution in [1.82, 2.24) is 9.80 Å². The number of carboxylic acid groups (broad SMARTS) is 1. The maximum atomic E-state index is 11.2. The molecule has 1 aromatic rings. The van der Waals surface area contributed by atoms with E-state index < -0.39 is 5.97 Å². The number of carbonyl (C=O) groups is 1. The van der Waals surface area contributed by atoms with Crippen molar-refractivity contribution in [3.8, 4) is 0 Å². The number of hydrogen-bond acceptors (Lipinski definition) is 3. The molecule has 0 radical (unpaired) electrons. The van der Waals surface area contributed by atoms with Gasteiger partial charge in [-0.1, -0.05) is 36.8 Å². The highest BCUT2D eigenvalue weighted by molar-refractivity contribution is 5.69. The van der Waals surface area contributed by atoms with E-state index in [9.17, 15) is 9.90 Å². The highest BCUT2D eigenvalue weighted by atomic mass is 16.4. The van der Waals surface area contributed by atoms with Crippen LogP contribution in [0.25, 0.3) is 0 Å². The minimum atomic E-state index is -0.685. The third-order valence-corrected chi connectivity index (χ3v) is 6.34. The molecule has 4 nitrogen and oxygen atoms in total. The first kappa shape index (κ1) is 16.1. The number of nitrogens with zero attached hydrogens (tertiary/aromatic N) is 2. The van der Waals surface area contributed by atoms with Crippen molar-refractivity contribution in [2.75, 3.05) is 26.2 Å². The molecule has 3 aliphatic rings. The largest absolute Gasteiger partial charge is 0.480 e. The van der Waals surface area contributed by atoms with Gasteiger partial charge in [-0.25, -0.2) is 0 Å². The highest BCUT2D eigenvalue weighted by Gasteiger charge is 2.47. The SMILES string of the molecule is O=C(O)CN1C[C@H]2C[C@@H](C1)[C@H](Cc1ccccc1)N1CCCC[C@@H]21. The van der Waals surface area contributed by atoms with E-state index in [2.05, 4.69) is 40.1 Å². The maximum Gasteiger partial charge on any atom is 0.317 e. The molecule has 4 rings (SSSR count). The molecule has 2 bridgehead atoms. The molecule has 4 atom stereocenters. The molecular weight excluding hydrogens is 300 g/mol. The van der Waals surface area contributed by atoms with Crippen LogP contribution in [0.3, 0.4) is 0 Å². The molecule has 3 fully saturated rings. The summed E-state index contributed by atoms with van der Waals surface area (Å²) in [5, 5.41) is 9.21. The summed E-state index contributed by atoms with van der Waals surface area (Å²) in [6.45, 7) is 3.36. The Morgan fingerprint density at radius 3 is 2.71 bits per heavy atom. The zero-order valence-electron chi connectivity index (χ0n) is 14.3. The predicted octanol–water partition coefficient (Wildman–Crippen LogP) is 2.49. The number of rotatable bonds is 4. The molecule has 3 aliphatic heterocycles. The second kappa shape index (κ2) is 6.85. The quantitative estimate of drug-likeness (QED) is 0.922. The van der Waals surface area contributed by atoms with Crippen LogP contribution in [0.2, 0.25) is 0 Å². The summed E-state index contributed by atoms with van der Waals surface area (Å²) in [5.41, 5.74) is 1.42. The fourth-order valence-corrected chi connectivity index (χ4v) is 5.46. The summed E-state index contributed by atoms with van der Waals surface area (Å²) in [6.07, 6.45) is 6.34. The van der Waals surface area contributed by atoms with Crippen molar-refractivity contribution in [2.24, 2.45) is 11.8 Å². The zero-order valence-corrected chi connectivity index (χ0v) is 14.3. The second-order valence-corrected chi connectivity index (χ2v) is 7.90. The number of fused-ring (bicyclic) bond motifs is 4. The summed E-state index contributed by atoms with van der Waals surface area (Å²) >= 11 is 0. The number of likely N-dealkylation sites (tertiary alicyclic amines) is 1. The smallest absolute Gasteiger partial charge is 0.317 e. The summed E-state index contributed by atoms with van der Waals surface area (Å²) in [7, 11) is 0. The first-order valence-electron chi connectivity index (χ1n) is 9.44. The van der Waals surface area contributed by atoms with Gasteiger partial charge in [-0.15, -0.1) is 0 Å². The van der Waals surface area contributed by atoms with Gasteiger partial charge in [0.25, 0.3) is 0 Å². The topological polar surface area (TPSA) is 43.8 Å². The van der Waals surface area contributed by atoms with Crippen molar-refractivity contribution < 1.29 is 9.90 Å². The Bertz CT molecular complexity index is 576. The van der Waals surface area contributed by atoms with Gasteiger partial charge in [-0.2, -0.15) is 0 Å². The molecule has 0 unspecified atom stereocenters. The maximum absolute atomic E-state index is 11.2. The minimum Gasteiger partial charge on any atom is -0.480 e. The van der Waals surface area contributed by atoms with Gasteiger partial charge in [0.15, 0.2) is 0 Å². The molecule has 3 heterocycles. The standard InChI is InChI=1S/C20H28N2O2/c23-20(24)14-21-12-16-11-17(13-21)19(10-15-6-2-1-3-7-15)22-9-5-4-8-18(16)22/h1-3,6-7,16-19H,4-5,8-14H2,(H,23,24)/t16-,17+,18+,19+/m1/s1. The lowest BCUT2D eigenvalue weighted by molar-refractivity contribution is -0.141. The van der Waals surface area contributed by atoms with Crippen molar-refractivity contribution >= 4 is 5.97 Å². The van der Waals surface area contributed by atoms with Crippen molar-refractivity contribution in [1.29, 1.82) is 0 Å². The molecule has 24 heavy (non-hydrogen) atoms. The summed E-state index contributed by atoms with van der Waals surface area (Å²) in [5.74, 6) is 0.586. The van der Waals surface area contributed by atoms with Gasteiger partial charge in [0.2, 0.25) is 0 Å². The second-order valence-electron chi connectivity index (χ2n) is 7.90. The van der Waals surface area contributed by atoms with E-state index in [1.165, 1.54) is 37.8 Å². The number of aliphatic carboxylic acids is 1. The summed E-state index contributed by atoms with van der Waals surface area (Å²) < 4.78 is 0. The van der Waals surface area contributed by atoms with Crippen LogP contribution < -0.4 is 0 Å². The van der Waals surface area contributed by atoms with Crippen LogP contribution in [-0.2, 0) is 11.2 Å². The zero-order chi connectivity index (χ0) is 16.5. The van der Waals surface area contributed by atoms with E-state index in [-0.39, 0.29) is 6.54 Å². The molecule has 0 saturated carbocycles. The van der Waals surface area contributed by atoms with Crippen LogP contribution in [0.1, 0.15) is 31.2 Å². The first-order valence-corrected chi connectivity index (χ1v) is 9.44. The first-order chi connectivity index (χ1) is 11.7. The Labute approximate surface area is 144 Å². The van der Waals surface area contributed by atoms with Gasteiger partial charge in [-0.05, 0) is 49.6 Å². The highest BCUT2D eigenvalue weighted by Crippen LogP contribution is 2.42. The molecular formula is C20H28N2O2. The Morgan fingerprint density at radius 2 is 1.92 bits per heavy atom. The molecule has 0 spiro atoms. The lowest BCUT2D eigenvalue weighted by Crippen LogP contribution is -2.64. The number of carboxylic acids is 1. The van der Waals surface area contributed by atoms with Crippen molar-refractivity contribution in [3.63, 3.8) is 0 Å². The minimum absolute atomic E-state index is 0.206. The van der Waals surface area contributed by atoms with E-state index >= 15 is 0 Å². The van der Waals surface area contributed by atoms with E-state index in [0.717, 1.165) is 19.5 Å². The number of hydrogen-bond donors (Lipinski definition) is 1. The van der Waals surface area contributed by atoms with Crippen LogP contribution in [0.5, 0.6) is 0 Å². The van der Waals surface area contributed by atoms with Gasteiger partial charge in [-0.3, -0.25) is 14.6 Å². The Balaban J connectivity index is 1.57. The molecule has 3 saturated heterocycles. The summed E-state index contributed by atoms with van der Waals surface area (Å²) in [4.78, 5) is 16.2. The van der Waals surface area contributed by atoms with Crippen LogP contribution in [0, 0.1) is 11.8 Å². The normalized spacial score (nSPS) is 33.8. The fourth-order valence-electron chi connectivity index (χ4n) is 5.46. The van der Waals surface area contributed by atoms with Crippen LogP contribution >= 0.6 is 0 Å². The van der Waals surface area contributed by atoms with Crippen LogP contribution in [0.4, 0.5) is 0 Å². The number of piperidine rings is 3. The van der Waals surface area contributed by atoms with Gasteiger partial charge in [0.1, 0.15) is 0 Å². The van der Waals surface area contributed by atoms with Crippen molar-refractivity contribution in [2.45, 2.75) is 44.2 Å². The third-order valence-electron chi connectivity index (χ3n) is 6.34. The van der Waals surface area contributed by atoms with E-state index in [1.807, 2.05) is 0 Å². The Hall–Kier alpha value is -1.39. The Kier molecular flexibility index (Phi) is 4.59. The average Bonchev–Trinajstić information content (AvgIpc) is 2.59. The lowest BCUT2D eigenvalue weighted by Gasteiger charge is -2.57. The molecule has 0 aromatic heterocycles. The molecule has 130 valence electrons. The average molecular weight is 328 g/mol. The van der Waals surface area contributed by atoms with E-state index in [0.29, 0.717) is 23.9 Å². The predicted molar refractivity (Wildman–Crippen MR) is 94.0 cm³/mol. The third kappa shape index (κ3) is 3.22. The van der Waals surface area contributed by atoms with Crippen LogP contribution in [-0.4, -0.2) is 59.1 Å².